The molecule has 1 aromatic rings. The third-order valence-electron chi connectivity index (χ3n) is 5.64. The topological polar surface area (TPSA) is 29.5 Å². The third kappa shape index (κ3) is 5.93. The minimum atomic E-state index is 0.0998. The highest BCUT2D eigenvalue weighted by Gasteiger charge is 2.33. The number of piperidine rings is 1. The van der Waals surface area contributed by atoms with Crippen LogP contribution in [0.1, 0.15) is 74.7 Å². The highest BCUT2D eigenvalue weighted by atomic mass is 16.5. The number of aryl methyl sites for hydroxylation is 1. The predicted molar refractivity (Wildman–Crippen MR) is 104 cm³/mol. The number of carbonyl (C=O) groups excluding carboxylic acids is 1. The molecular weight excluding hydrogens is 310 g/mol. The maximum atomic E-state index is 12.4. The number of carbonyl (C=O) groups is 1. The summed E-state index contributed by atoms with van der Waals surface area (Å²) in [6, 6.07) is 7.90. The summed E-state index contributed by atoms with van der Waals surface area (Å²) in [7, 11) is 0. The van der Waals surface area contributed by atoms with Crippen LogP contribution in [0.2, 0.25) is 0 Å². The van der Waals surface area contributed by atoms with Gasteiger partial charge in [0.25, 0.3) is 0 Å². The Bertz CT molecular complexity index is 533. The summed E-state index contributed by atoms with van der Waals surface area (Å²) in [5.41, 5.74) is 2.07. The fourth-order valence-corrected chi connectivity index (χ4v) is 3.70. The lowest BCUT2D eigenvalue weighted by Crippen LogP contribution is -2.46. The molecule has 2 rings (SSSR count). The van der Waals surface area contributed by atoms with Crippen LogP contribution in [0.25, 0.3) is 0 Å². The van der Waals surface area contributed by atoms with Crippen LogP contribution in [0.5, 0.6) is 0 Å². The molecule has 1 heterocycles. The first-order valence-corrected chi connectivity index (χ1v) is 10.1. The first kappa shape index (κ1) is 20.1. The summed E-state index contributed by atoms with van der Waals surface area (Å²) in [5.74, 6) is 0.279. The number of hydrogen-bond acceptors (Lipinski definition) is 3. The molecular formula is C22H35NO2. The van der Waals surface area contributed by atoms with Crippen molar-refractivity contribution in [2.45, 2.75) is 71.3 Å². The van der Waals surface area contributed by atoms with Crippen LogP contribution < -0.4 is 0 Å². The minimum absolute atomic E-state index is 0.0998. The van der Waals surface area contributed by atoms with E-state index < -0.39 is 0 Å². The summed E-state index contributed by atoms with van der Waals surface area (Å²) in [4.78, 5) is 14.9. The Morgan fingerprint density at radius 2 is 1.88 bits per heavy atom. The Morgan fingerprint density at radius 3 is 2.52 bits per heavy atom. The summed E-state index contributed by atoms with van der Waals surface area (Å²) >= 11 is 0. The van der Waals surface area contributed by atoms with Crippen LogP contribution in [0.15, 0.2) is 24.3 Å². The average Bonchev–Trinajstić information content (AvgIpc) is 2.63. The molecule has 1 fully saturated rings. The van der Waals surface area contributed by atoms with Gasteiger partial charge in [-0.25, -0.2) is 0 Å². The highest BCUT2D eigenvalue weighted by molar-refractivity contribution is 5.97. The Balaban J connectivity index is 1.71. The Labute approximate surface area is 153 Å². The molecule has 0 unspecified atom stereocenters. The van der Waals surface area contributed by atoms with Crippen molar-refractivity contribution in [3.8, 4) is 0 Å². The minimum Gasteiger partial charge on any atom is -0.375 e. The number of unbranched alkanes of at least 4 members (excludes halogenated alkanes) is 1. The fraction of sp³-hybridized carbons (Fsp3) is 0.682. The lowest BCUT2D eigenvalue weighted by Gasteiger charge is -2.41. The Kier molecular flexibility index (Phi) is 8.11. The van der Waals surface area contributed by atoms with Gasteiger partial charge in [0.15, 0.2) is 5.78 Å². The van der Waals surface area contributed by atoms with E-state index >= 15 is 0 Å². The van der Waals surface area contributed by atoms with Crippen molar-refractivity contribution in [1.82, 2.24) is 4.90 Å². The summed E-state index contributed by atoms with van der Waals surface area (Å²) in [6.45, 7) is 10.6. The van der Waals surface area contributed by atoms with Gasteiger partial charge in [-0.15, -0.1) is 0 Å². The number of rotatable bonds is 10. The number of hydrogen-bond donors (Lipinski definition) is 0. The molecule has 0 atom stereocenters. The lowest BCUT2D eigenvalue weighted by molar-refractivity contribution is -0.0870. The SMILES string of the molecule is CCCCOC1(CC)CCN(CCCC(=O)c2ccccc2C)CC1. The van der Waals surface area contributed by atoms with Gasteiger partial charge < -0.3 is 9.64 Å². The first-order chi connectivity index (χ1) is 12.1. The van der Waals surface area contributed by atoms with Crippen molar-refractivity contribution in [3.05, 3.63) is 35.4 Å². The molecule has 0 amide bonds. The lowest BCUT2D eigenvalue weighted by atomic mass is 9.88. The zero-order valence-corrected chi connectivity index (χ0v) is 16.4. The molecule has 0 N–H and O–H groups in total. The molecule has 140 valence electrons. The molecule has 1 saturated heterocycles. The van der Waals surface area contributed by atoms with Crippen molar-refractivity contribution in [2.75, 3.05) is 26.2 Å². The van der Waals surface area contributed by atoms with Crippen molar-refractivity contribution < 1.29 is 9.53 Å². The number of benzene rings is 1. The van der Waals surface area contributed by atoms with Gasteiger partial charge in [-0.05, 0) is 51.1 Å². The van der Waals surface area contributed by atoms with Crippen molar-refractivity contribution in [2.24, 2.45) is 0 Å². The molecule has 1 aliphatic rings. The molecule has 0 spiro atoms. The summed E-state index contributed by atoms with van der Waals surface area (Å²) in [5, 5.41) is 0. The second-order valence-electron chi connectivity index (χ2n) is 7.42. The van der Waals surface area contributed by atoms with Crippen molar-refractivity contribution in [1.29, 1.82) is 0 Å². The molecule has 0 aromatic heterocycles. The van der Waals surface area contributed by atoms with Gasteiger partial charge >= 0.3 is 0 Å². The highest BCUT2D eigenvalue weighted by Crippen LogP contribution is 2.30. The van der Waals surface area contributed by atoms with Crippen LogP contribution in [-0.4, -0.2) is 42.5 Å². The van der Waals surface area contributed by atoms with Crippen molar-refractivity contribution >= 4 is 5.78 Å². The normalized spacial score (nSPS) is 17.6. The van der Waals surface area contributed by atoms with Crippen LogP contribution in [0, 0.1) is 6.92 Å². The van der Waals surface area contributed by atoms with E-state index in [0.717, 1.165) is 69.5 Å². The number of ether oxygens (including phenoxy) is 1. The van der Waals surface area contributed by atoms with E-state index in [0.29, 0.717) is 6.42 Å². The van der Waals surface area contributed by atoms with E-state index in [1.807, 2.05) is 31.2 Å². The predicted octanol–water partition coefficient (Wildman–Crippen LogP) is 5.02. The van der Waals surface area contributed by atoms with Crippen LogP contribution in [0.3, 0.4) is 0 Å². The number of ketones is 1. The van der Waals surface area contributed by atoms with Gasteiger partial charge in [0.05, 0.1) is 5.60 Å². The zero-order chi connectivity index (χ0) is 18.1. The molecule has 25 heavy (non-hydrogen) atoms. The van der Waals surface area contributed by atoms with Crippen molar-refractivity contribution in [3.63, 3.8) is 0 Å². The van der Waals surface area contributed by atoms with E-state index in [9.17, 15) is 4.79 Å². The quantitative estimate of drug-likeness (QED) is 0.440. The monoisotopic (exact) mass is 345 g/mol. The van der Waals surface area contributed by atoms with E-state index in [2.05, 4.69) is 18.7 Å². The van der Waals surface area contributed by atoms with E-state index in [-0.39, 0.29) is 11.4 Å². The molecule has 1 aliphatic heterocycles. The molecule has 0 saturated carbocycles. The molecule has 0 radical (unpaired) electrons. The number of Topliss-reactive ketones (excluding diaryl/α,β-unsaturated/α-hetero) is 1. The first-order valence-electron chi connectivity index (χ1n) is 10.1. The molecule has 0 aliphatic carbocycles. The second-order valence-corrected chi connectivity index (χ2v) is 7.42. The average molecular weight is 346 g/mol. The Hall–Kier alpha value is -1.19. The zero-order valence-electron chi connectivity index (χ0n) is 16.4. The standard InChI is InChI=1S/C22H35NO2/c1-4-6-18-25-22(5-2)13-16-23(17-14-22)15-9-12-21(24)20-11-8-7-10-19(20)3/h7-8,10-11H,4-6,9,12-18H2,1-3H3. The van der Waals surface area contributed by atoms with E-state index in [1.165, 1.54) is 6.42 Å². The molecule has 0 bridgehead atoms. The van der Waals surface area contributed by atoms with E-state index in [1.54, 1.807) is 0 Å². The van der Waals surface area contributed by atoms with Gasteiger partial charge in [0.1, 0.15) is 0 Å². The molecule has 3 nitrogen and oxygen atoms in total. The number of nitrogens with zero attached hydrogens (tertiary/aromatic N) is 1. The van der Waals surface area contributed by atoms with Crippen LogP contribution in [-0.2, 0) is 4.74 Å². The fourth-order valence-electron chi connectivity index (χ4n) is 3.70. The third-order valence-corrected chi connectivity index (χ3v) is 5.64. The van der Waals surface area contributed by atoms with Gasteiger partial charge in [-0.2, -0.15) is 0 Å². The summed E-state index contributed by atoms with van der Waals surface area (Å²) in [6.07, 6.45) is 7.30. The van der Waals surface area contributed by atoms with Gasteiger partial charge in [-0.1, -0.05) is 44.5 Å². The summed E-state index contributed by atoms with van der Waals surface area (Å²) < 4.78 is 6.24. The molecule has 3 heteroatoms. The maximum absolute atomic E-state index is 12.4. The van der Waals surface area contributed by atoms with Gasteiger partial charge in [0, 0.05) is 31.7 Å². The second kappa shape index (κ2) is 10.1. The van der Waals surface area contributed by atoms with Gasteiger partial charge in [0.2, 0.25) is 0 Å². The smallest absolute Gasteiger partial charge is 0.163 e. The van der Waals surface area contributed by atoms with E-state index in [4.69, 9.17) is 4.74 Å². The van der Waals surface area contributed by atoms with Crippen LogP contribution in [0.4, 0.5) is 0 Å². The number of likely N-dealkylation sites (tertiary alicyclic amines) is 1. The largest absolute Gasteiger partial charge is 0.375 e. The Morgan fingerprint density at radius 1 is 1.16 bits per heavy atom. The van der Waals surface area contributed by atoms with Crippen LogP contribution >= 0.6 is 0 Å². The van der Waals surface area contributed by atoms with Gasteiger partial charge in [-0.3, -0.25) is 4.79 Å². The molecule has 1 aromatic carbocycles. The maximum Gasteiger partial charge on any atom is 0.163 e.